The number of aromatic amines is 1. The Kier molecular flexibility index (Phi) is 4.76. The van der Waals surface area contributed by atoms with Gasteiger partial charge in [-0.1, -0.05) is 30.3 Å². The smallest absolute Gasteiger partial charge is 0.252 e. The molecule has 0 aliphatic carbocycles. The molecule has 0 amide bonds. The normalized spacial score (nSPS) is 14.7. The number of benzene rings is 1. The Hall–Kier alpha value is -1.85. The Balaban J connectivity index is 0.00000147. The molecule has 0 saturated carbocycles. The summed E-state index contributed by atoms with van der Waals surface area (Å²) >= 11 is 0. The summed E-state index contributed by atoms with van der Waals surface area (Å²) in [7, 11) is 0. The van der Waals surface area contributed by atoms with E-state index in [9.17, 15) is 4.79 Å². The molecule has 6 heteroatoms. The van der Waals surface area contributed by atoms with Gasteiger partial charge in [-0.2, -0.15) is 0 Å². The van der Waals surface area contributed by atoms with Crippen LogP contribution in [0.4, 0.5) is 5.95 Å². The number of aromatic nitrogens is 2. The average Bonchev–Trinajstić information content (AvgIpc) is 2.48. The molecule has 1 aliphatic rings. The Bertz CT molecular complexity index is 608. The van der Waals surface area contributed by atoms with Gasteiger partial charge in [0.15, 0.2) is 0 Å². The van der Waals surface area contributed by atoms with E-state index in [0.717, 1.165) is 37.4 Å². The molecule has 1 aliphatic heterocycles. The Morgan fingerprint density at radius 3 is 2.50 bits per heavy atom. The number of halogens is 1. The number of anilines is 1. The predicted octanol–water partition coefficient (Wildman–Crippen LogP) is 1.27. The first-order valence-electron chi connectivity index (χ1n) is 6.45. The van der Waals surface area contributed by atoms with Crippen LogP contribution in [0.15, 0.2) is 41.2 Å². The van der Waals surface area contributed by atoms with Gasteiger partial charge in [-0.15, -0.1) is 12.4 Å². The summed E-state index contributed by atoms with van der Waals surface area (Å²) in [6, 6.07) is 11.3. The van der Waals surface area contributed by atoms with Crippen LogP contribution in [-0.2, 0) is 0 Å². The summed E-state index contributed by atoms with van der Waals surface area (Å²) in [5, 5.41) is 3.28. The number of hydrogen-bond acceptors (Lipinski definition) is 4. The van der Waals surface area contributed by atoms with E-state index in [2.05, 4.69) is 20.2 Å². The lowest BCUT2D eigenvalue weighted by molar-refractivity contribution is 0.579. The Labute approximate surface area is 123 Å². The SMILES string of the molecule is Cl.O=c1cc(-c2ccccc2)nc(N2CCNCC2)[nH]1. The van der Waals surface area contributed by atoms with Crippen molar-refractivity contribution in [1.82, 2.24) is 15.3 Å². The van der Waals surface area contributed by atoms with Crippen molar-refractivity contribution in [2.24, 2.45) is 0 Å². The van der Waals surface area contributed by atoms with E-state index in [1.54, 1.807) is 6.07 Å². The lowest BCUT2D eigenvalue weighted by atomic mass is 10.1. The first-order chi connectivity index (χ1) is 9.33. The molecule has 0 atom stereocenters. The van der Waals surface area contributed by atoms with E-state index in [4.69, 9.17) is 0 Å². The molecular weight excluding hydrogens is 276 g/mol. The van der Waals surface area contributed by atoms with Crippen LogP contribution in [-0.4, -0.2) is 36.1 Å². The molecule has 3 rings (SSSR count). The van der Waals surface area contributed by atoms with Crippen LogP contribution in [0.5, 0.6) is 0 Å². The van der Waals surface area contributed by atoms with Crippen molar-refractivity contribution < 1.29 is 0 Å². The van der Waals surface area contributed by atoms with Crippen LogP contribution >= 0.6 is 12.4 Å². The fourth-order valence-corrected chi connectivity index (χ4v) is 2.23. The minimum atomic E-state index is -0.109. The van der Waals surface area contributed by atoms with Crippen molar-refractivity contribution in [3.63, 3.8) is 0 Å². The first kappa shape index (κ1) is 14.6. The van der Waals surface area contributed by atoms with Crippen molar-refractivity contribution in [1.29, 1.82) is 0 Å². The highest BCUT2D eigenvalue weighted by Crippen LogP contribution is 2.17. The number of H-pyrrole nitrogens is 1. The van der Waals surface area contributed by atoms with Crippen LogP contribution in [0.1, 0.15) is 0 Å². The third kappa shape index (κ3) is 3.18. The molecule has 1 aromatic carbocycles. The summed E-state index contributed by atoms with van der Waals surface area (Å²) in [5.74, 6) is 0.660. The van der Waals surface area contributed by atoms with Crippen LogP contribution in [0.25, 0.3) is 11.3 Å². The summed E-state index contributed by atoms with van der Waals surface area (Å²) < 4.78 is 0. The van der Waals surface area contributed by atoms with Crippen molar-refractivity contribution >= 4 is 18.4 Å². The molecule has 2 heterocycles. The zero-order chi connectivity index (χ0) is 13.1. The van der Waals surface area contributed by atoms with Crippen LogP contribution in [0.3, 0.4) is 0 Å². The number of nitrogens with one attached hydrogen (secondary N) is 2. The van der Waals surface area contributed by atoms with E-state index in [1.807, 2.05) is 30.3 Å². The molecule has 0 unspecified atom stereocenters. The second kappa shape index (κ2) is 6.54. The average molecular weight is 293 g/mol. The standard InChI is InChI=1S/C14H16N4O.ClH/c19-13-10-12(11-4-2-1-3-5-11)16-14(17-13)18-8-6-15-7-9-18;/h1-5,10,15H,6-9H2,(H,16,17,19);1H. The number of nitrogens with zero attached hydrogens (tertiary/aromatic N) is 2. The van der Waals surface area contributed by atoms with Crippen LogP contribution in [0, 0.1) is 0 Å². The monoisotopic (exact) mass is 292 g/mol. The highest BCUT2D eigenvalue weighted by Gasteiger charge is 2.13. The van der Waals surface area contributed by atoms with Gasteiger partial charge in [0.05, 0.1) is 5.69 Å². The molecule has 2 N–H and O–H groups in total. The maximum Gasteiger partial charge on any atom is 0.252 e. The number of rotatable bonds is 2. The zero-order valence-electron chi connectivity index (χ0n) is 11.0. The number of hydrogen-bond donors (Lipinski definition) is 2. The van der Waals surface area contributed by atoms with Gasteiger partial charge in [0.2, 0.25) is 5.95 Å². The van der Waals surface area contributed by atoms with Gasteiger partial charge in [0, 0.05) is 37.8 Å². The van der Waals surface area contributed by atoms with E-state index in [0.29, 0.717) is 5.95 Å². The van der Waals surface area contributed by atoms with Crippen molar-refractivity contribution in [2.45, 2.75) is 0 Å². The Morgan fingerprint density at radius 2 is 1.80 bits per heavy atom. The molecule has 0 radical (unpaired) electrons. The van der Waals surface area contributed by atoms with Crippen molar-refractivity contribution in [3.8, 4) is 11.3 Å². The highest BCUT2D eigenvalue weighted by atomic mass is 35.5. The maximum atomic E-state index is 11.8. The van der Waals surface area contributed by atoms with Gasteiger partial charge in [-0.05, 0) is 0 Å². The largest absolute Gasteiger partial charge is 0.340 e. The third-order valence-electron chi connectivity index (χ3n) is 3.22. The highest BCUT2D eigenvalue weighted by molar-refractivity contribution is 5.85. The van der Waals surface area contributed by atoms with Gasteiger partial charge < -0.3 is 10.2 Å². The summed E-state index contributed by atoms with van der Waals surface area (Å²) in [6.45, 7) is 3.56. The lowest BCUT2D eigenvalue weighted by Gasteiger charge is -2.27. The van der Waals surface area contributed by atoms with Gasteiger partial charge in [0.1, 0.15) is 0 Å². The van der Waals surface area contributed by atoms with Gasteiger partial charge in [-0.25, -0.2) is 4.98 Å². The molecule has 1 aromatic heterocycles. The van der Waals surface area contributed by atoms with Crippen molar-refractivity contribution in [2.75, 3.05) is 31.1 Å². The minimum Gasteiger partial charge on any atom is -0.340 e. The summed E-state index contributed by atoms with van der Waals surface area (Å²) in [4.78, 5) is 21.3. The molecule has 2 aromatic rings. The van der Waals surface area contributed by atoms with E-state index < -0.39 is 0 Å². The summed E-state index contributed by atoms with van der Waals surface area (Å²) in [6.07, 6.45) is 0. The van der Waals surface area contributed by atoms with E-state index in [-0.39, 0.29) is 18.0 Å². The quantitative estimate of drug-likeness (QED) is 0.875. The molecule has 106 valence electrons. The second-order valence-corrected chi connectivity index (χ2v) is 4.56. The van der Waals surface area contributed by atoms with Crippen LogP contribution in [0.2, 0.25) is 0 Å². The zero-order valence-corrected chi connectivity index (χ0v) is 11.8. The van der Waals surface area contributed by atoms with E-state index >= 15 is 0 Å². The first-order valence-corrected chi connectivity index (χ1v) is 6.45. The Morgan fingerprint density at radius 1 is 1.10 bits per heavy atom. The second-order valence-electron chi connectivity index (χ2n) is 4.56. The molecule has 1 fully saturated rings. The lowest BCUT2D eigenvalue weighted by Crippen LogP contribution is -2.44. The van der Waals surface area contributed by atoms with Crippen LogP contribution < -0.4 is 15.8 Å². The fourth-order valence-electron chi connectivity index (χ4n) is 2.23. The number of piperazine rings is 1. The van der Waals surface area contributed by atoms with Gasteiger partial charge in [0.25, 0.3) is 5.56 Å². The topological polar surface area (TPSA) is 61.0 Å². The molecule has 5 nitrogen and oxygen atoms in total. The molecule has 20 heavy (non-hydrogen) atoms. The fraction of sp³-hybridized carbons (Fsp3) is 0.286. The summed E-state index contributed by atoms with van der Waals surface area (Å²) in [5.41, 5.74) is 1.57. The maximum absolute atomic E-state index is 11.8. The molecule has 1 saturated heterocycles. The molecular formula is C14H17ClN4O. The molecule has 0 spiro atoms. The van der Waals surface area contributed by atoms with Gasteiger partial charge in [-0.3, -0.25) is 9.78 Å². The van der Waals surface area contributed by atoms with E-state index in [1.165, 1.54) is 0 Å². The van der Waals surface area contributed by atoms with Crippen molar-refractivity contribution in [3.05, 3.63) is 46.8 Å². The minimum absolute atomic E-state index is 0. The predicted molar refractivity (Wildman–Crippen MR) is 82.6 cm³/mol. The third-order valence-corrected chi connectivity index (χ3v) is 3.22. The van der Waals surface area contributed by atoms with Gasteiger partial charge >= 0.3 is 0 Å². The molecule has 0 bridgehead atoms.